The first-order valence-corrected chi connectivity index (χ1v) is 13.0. The van der Waals surface area contributed by atoms with Gasteiger partial charge in [-0.3, -0.25) is 0 Å². The van der Waals surface area contributed by atoms with E-state index in [0.717, 1.165) is 56.3 Å². The van der Waals surface area contributed by atoms with Crippen molar-refractivity contribution in [1.29, 1.82) is 0 Å². The fourth-order valence-corrected chi connectivity index (χ4v) is 4.84. The van der Waals surface area contributed by atoms with Gasteiger partial charge in [0.1, 0.15) is 0 Å². The van der Waals surface area contributed by atoms with Crippen LogP contribution >= 0.6 is 0 Å². The quantitative estimate of drug-likeness (QED) is 0.239. The summed E-state index contributed by atoms with van der Waals surface area (Å²) in [5.74, 6) is 0. The Hall–Kier alpha value is -3.52. The minimum Gasteiger partial charge on any atom is -0.398 e. The maximum atomic E-state index is 6.43. The van der Waals surface area contributed by atoms with Crippen molar-refractivity contribution < 1.29 is 0 Å². The van der Waals surface area contributed by atoms with Crippen LogP contribution in [0, 0.1) is 0 Å². The van der Waals surface area contributed by atoms with Gasteiger partial charge in [0.2, 0.25) is 0 Å². The third-order valence-electron chi connectivity index (χ3n) is 6.86. The zero-order chi connectivity index (χ0) is 24.6. The normalized spacial score (nSPS) is 11.0. The summed E-state index contributed by atoms with van der Waals surface area (Å²) in [7, 11) is 0. The van der Waals surface area contributed by atoms with Crippen molar-refractivity contribution in [2.45, 2.75) is 58.8 Å². The second-order valence-corrected chi connectivity index (χ2v) is 9.64. The molecule has 4 aromatic carbocycles. The van der Waals surface area contributed by atoms with Crippen LogP contribution in [0.1, 0.15) is 71.2 Å². The first-order valence-electron chi connectivity index (χ1n) is 13.0. The number of benzene rings is 4. The number of aryl methyl sites for hydroxylation is 2. The summed E-state index contributed by atoms with van der Waals surface area (Å²) >= 11 is 0. The molecule has 0 aromatic heterocycles. The molecule has 0 bridgehead atoms. The highest BCUT2D eigenvalue weighted by atomic mass is 14.6. The molecule has 4 rings (SSSR count). The molecular formula is C33H38N2. The number of nitrogens with two attached hydrogens (primary N) is 2. The van der Waals surface area contributed by atoms with E-state index in [1.807, 2.05) is 0 Å². The lowest BCUT2D eigenvalue weighted by atomic mass is 9.96. The average Bonchev–Trinajstić information content (AvgIpc) is 2.87. The average molecular weight is 463 g/mol. The fraction of sp³-hybridized carbons (Fsp3) is 0.273. The van der Waals surface area contributed by atoms with Crippen molar-refractivity contribution in [3.05, 3.63) is 129 Å². The van der Waals surface area contributed by atoms with Crippen LogP contribution in [0.25, 0.3) is 0 Å². The number of hydrogen-bond donors (Lipinski definition) is 2. The van der Waals surface area contributed by atoms with Gasteiger partial charge in [0.25, 0.3) is 0 Å². The van der Waals surface area contributed by atoms with E-state index in [-0.39, 0.29) is 0 Å². The second kappa shape index (κ2) is 11.8. The van der Waals surface area contributed by atoms with E-state index in [2.05, 4.69) is 98.8 Å². The van der Waals surface area contributed by atoms with Gasteiger partial charge in [0, 0.05) is 11.4 Å². The zero-order valence-electron chi connectivity index (χ0n) is 21.2. The largest absolute Gasteiger partial charge is 0.398 e. The van der Waals surface area contributed by atoms with E-state index in [9.17, 15) is 0 Å². The minimum absolute atomic E-state index is 0.876. The molecule has 2 nitrogen and oxygen atoms in total. The Morgan fingerprint density at radius 3 is 1.09 bits per heavy atom. The fourth-order valence-electron chi connectivity index (χ4n) is 4.84. The van der Waals surface area contributed by atoms with Gasteiger partial charge in [-0.2, -0.15) is 0 Å². The Labute approximate surface area is 211 Å². The van der Waals surface area contributed by atoms with Crippen LogP contribution in [0.15, 0.2) is 84.9 Å². The van der Waals surface area contributed by atoms with Crippen LogP contribution in [-0.4, -0.2) is 0 Å². The van der Waals surface area contributed by atoms with Crippen molar-refractivity contribution in [1.82, 2.24) is 0 Å². The van der Waals surface area contributed by atoms with Crippen LogP contribution < -0.4 is 11.5 Å². The van der Waals surface area contributed by atoms with Gasteiger partial charge >= 0.3 is 0 Å². The van der Waals surface area contributed by atoms with E-state index in [0.29, 0.717) is 0 Å². The highest BCUT2D eigenvalue weighted by Gasteiger charge is 2.07. The van der Waals surface area contributed by atoms with Crippen molar-refractivity contribution in [3.63, 3.8) is 0 Å². The molecule has 0 aliphatic carbocycles. The summed E-state index contributed by atoms with van der Waals surface area (Å²) in [5, 5.41) is 0. The monoisotopic (exact) mass is 462 g/mol. The van der Waals surface area contributed by atoms with Gasteiger partial charge in [0.05, 0.1) is 0 Å². The van der Waals surface area contributed by atoms with Gasteiger partial charge < -0.3 is 11.5 Å². The maximum Gasteiger partial charge on any atom is 0.0382 e. The molecule has 0 aliphatic rings. The molecule has 0 unspecified atom stereocenters. The summed E-state index contributed by atoms with van der Waals surface area (Å²) in [6.45, 7) is 4.39. The molecule has 4 aromatic rings. The molecule has 180 valence electrons. The Morgan fingerprint density at radius 1 is 0.429 bits per heavy atom. The minimum atomic E-state index is 0.876. The van der Waals surface area contributed by atoms with Gasteiger partial charge in [0.15, 0.2) is 0 Å². The van der Waals surface area contributed by atoms with Crippen LogP contribution in [0.4, 0.5) is 11.4 Å². The van der Waals surface area contributed by atoms with Crippen molar-refractivity contribution in [3.8, 4) is 0 Å². The van der Waals surface area contributed by atoms with Gasteiger partial charge in [-0.05, 0) is 76.6 Å². The van der Waals surface area contributed by atoms with Crippen LogP contribution in [-0.2, 0) is 32.1 Å². The van der Waals surface area contributed by atoms with Crippen LogP contribution in [0.3, 0.4) is 0 Å². The summed E-state index contributed by atoms with van der Waals surface area (Å²) in [5.41, 5.74) is 25.0. The summed E-state index contributed by atoms with van der Waals surface area (Å²) < 4.78 is 0. The van der Waals surface area contributed by atoms with Crippen molar-refractivity contribution in [2.75, 3.05) is 11.5 Å². The molecular weight excluding hydrogens is 424 g/mol. The van der Waals surface area contributed by atoms with Crippen LogP contribution in [0.2, 0.25) is 0 Å². The van der Waals surface area contributed by atoms with Crippen molar-refractivity contribution >= 4 is 11.4 Å². The van der Waals surface area contributed by atoms with Gasteiger partial charge in [-0.15, -0.1) is 0 Å². The predicted octanol–water partition coefficient (Wildman–Crippen LogP) is 7.53. The third kappa shape index (κ3) is 6.33. The summed E-state index contributed by atoms with van der Waals surface area (Å²) in [6.07, 6.45) is 6.99. The Bertz CT molecular complexity index is 1140. The molecule has 0 spiro atoms. The lowest BCUT2D eigenvalue weighted by Crippen LogP contribution is -2.01. The van der Waals surface area contributed by atoms with E-state index in [4.69, 9.17) is 11.5 Å². The lowest BCUT2D eigenvalue weighted by molar-refractivity contribution is 0.921. The molecule has 0 amide bonds. The Kier molecular flexibility index (Phi) is 8.26. The highest BCUT2D eigenvalue weighted by molar-refractivity contribution is 5.56. The van der Waals surface area contributed by atoms with E-state index in [1.54, 1.807) is 0 Å². The maximum absolute atomic E-state index is 6.43. The zero-order valence-corrected chi connectivity index (χ0v) is 21.2. The lowest BCUT2D eigenvalue weighted by Gasteiger charge is -2.12. The molecule has 0 heterocycles. The summed E-state index contributed by atoms with van der Waals surface area (Å²) in [6, 6.07) is 30.8. The molecule has 4 N–H and O–H groups in total. The molecule has 35 heavy (non-hydrogen) atoms. The molecule has 0 radical (unpaired) electrons. The first kappa shape index (κ1) is 24.6. The Morgan fingerprint density at radius 2 is 0.743 bits per heavy atom. The molecule has 0 aliphatic heterocycles. The van der Waals surface area contributed by atoms with Gasteiger partial charge in [-0.1, -0.05) is 112 Å². The first-order chi connectivity index (χ1) is 17.1. The standard InChI is InChI=1S/C33H38N2/c1-3-7-28-9-5-11-30(32(28)34)22-26-17-13-24(14-18-26)21-25-15-19-27(20-16-25)23-31-12-6-10-29(8-4-2)33(31)35/h5-6,9-20H,3-4,7-8,21-23,34-35H2,1-2H3. The molecule has 0 saturated heterocycles. The molecule has 2 heteroatoms. The molecule has 0 atom stereocenters. The molecule has 0 fully saturated rings. The number of rotatable bonds is 10. The van der Waals surface area contributed by atoms with E-state index in [1.165, 1.54) is 44.5 Å². The van der Waals surface area contributed by atoms with Gasteiger partial charge in [-0.25, -0.2) is 0 Å². The van der Waals surface area contributed by atoms with Crippen LogP contribution in [0.5, 0.6) is 0 Å². The van der Waals surface area contributed by atoms with Crippen molar-refractivity contribution in [2.24, 2.45) is 0 Å². The molecule has 0 saturated carbocycles. The number of hydrogen-bond acceptors (Lipinski definition) is 2. The van der Waals surface area contributed by atoms with E-state index < -0.39 is 0 Å². The summed E-state index contributed by atoms with van der Waals surface area (Å²) in [4.78, 5) is 0. The topological polar surface area (TPSA) is 52.0 Å². The number of nitrogen functional groups attached to an aromatic ring is 2. The Balaban J connectivity index is 1.38. The number of para-hydroxylation sites is 2. The highest BCUT2D eigenvalue weighted by Crippen LogP contribution is 2.24. The SMILES string of the molecule is CCCc1cccc(Cc2ccc(Cc3ccc(Cc4cccc(CCC)c4N)cc3)cc2)c1N. The smallest absolute Gasteiger partial charge is 0.0382 e. The second-order valence-electron chi connectivity index (χ2n) is 9.64. The predicted molar refractivity (Wildman–Crippen MR) is 151 cm³/mol. The third-order valence-corrected chi connectivity index (χ3v) is 6.86. The number of anilines is 2. The van der Waals surface area contributed by atoms with E-state index >= 15 is 0 Å².